The third kappa shape index (κ3) is 2.77. The lowest BCUT2D eigenvalue weighted by atomic mass is 10.2. The zero-order chi connectivity index (χ0) is 16.4. The Morgan fingerprint density at radius 1 is 0.875 bits per heavy atom. The van der Waals surface area contributed by atoms with Crippen molar-refractivity contribution in [3.63, 3.8) is 0 Å². The van der Waals surface area contributed by atoms with Crippen molar-refractivity contribution in [2.45, 2.75) is 0 Å². The lowest BCUT2D eigenvalue weighted by Gasteiger charge is -2.01. The first kappa shape index (κ1) is 14.2. The third-order valence-electron chi connectivity index (χ3n) is 3.56. The van der Waals surface area contributed by atoms with Crippen LogP contribution in [0, 0.1) is 5.82 Å². The molecule has 4 rings (SSSR count). The summed E-state index contributed by atoms with van der Waals surface area (Å²) in [6.07, 6.45) is 8.60. The monoisotopic (exact) mass is 317 g/mol. The lowest BCUT2D eigenvalue weighted by Crippen LogP contribution is -1.90. The van der Waals surface area contributed by atoms with Crippen LogP contribution in [0.15, 0.2) is 67.4 Å². The Balaban J connectivity index is 1.63. The molecule has 3 aromatic heterocycles. The van der Waals surface area contributed by atoms with E-state index < -0.39 is 0 Å². The minimum Gasteiger partial charge on any atom is -0.344 e. The highest BCUT2D eigenvalue weighted by Gasteiger charge is 2.08. The molecule has 0 atom stereocenters. The van der Waals surface area contributed by atoms with Crippen LogP contribution in [0.1, 0.15) is 0 Å². The average molecular weight is 317 g/mol. The Morgan fingerprint density at radius 3 is 2.42 bits per heavy atom. The fraction of sp³-hybridized carbons (Fsp3) is 0. The van der Waals surface area contributed by atoms with Gasteiger partial charge in [0, 0.05) is 47.7 Å². The predicted octanol–water partition coefficient (Wildman–Crippen LogP) is 3.73. The van der Waals surface area contributed by atoms with Gasteiger partial charge in [-0.25, -0.2) is 19.3 Å². The number of imidazole rings is 1. The highest BCUT2D eigenvalue weighted by atomic mass is 19.1. The molecule has 24 heavy (non-hydrogen) atoms. The smallest absolute Gasteiger partial charge is 0.159 e. The van der Waals surface area contributed by atoms with Crippen molar-refractivity contribution < 1.29 is 4.39 Å². The summed E-state index contributed by atoms with van der Waals surface area (Å²) in [4.78, 5) is 20.3. The molecule has 0 fully saturated rings. The summed E-state index contributed by atoms with van der Waals surface area (Å²) in [6, 6.07) is 9.97. The Morgan fingerprint density at radius 2 is 1.67 bits per heavy atom. The summed E-state index contributed by atoms with van der Waals surface area (Å²) in [5, 5.41) is 0. The fourth-order valence-corrected chi connectivity index (χ4v) is 2.36. The fourth-order valence-electron chi connectivity index (χ4n) is 2.36. The van der Waals surface area contributed by atoms with Gasteiger partial charge in [-0.05, 0) is 24.3 Å². The maximum atomic E-state index is 13.3. The summed E-state index contributed by atoms with van der Waals surface area (Å²) in [5.74, 6) is 0.916. The second kappa shape index (κ2) is 6.00. The van der Waals surface area contributed by atoms with Gasteiger partial charge in [0.2, 0.25) is 0 Å². The number of aromatic nitrogens is 5. The Labute approximate surface area is 137 Å². The highest BCUT2D eigenvalue weighted by Crippen LogP contribution is 2.22. The molecule has 116 valence electrons. The summed E-state index contributed by atoms with van der Waals surface area (Å²) >= 11 is 0. The summed E-state index contributed by atoms with van der Waals surface area (Å²) in [7, 11) is 0. The number of nitrogens with zero attached hydrogens (tertiary/aromatic N) is 4. The standard InChI is InChI=1S/C18H12FN5/c19-15-3-1-2-13(8-15)17-21-9-14(10-22-17)16-11-23-18(24-16)12-4-6-20-7-5-12/h1-11H,(H,23,24). The Hall–Kier alpha value is -3.41. The molecular weight excluding hydrogens is 305 g/mol. The number of nitrogens with one attached hydrogen (secondary N) is 1. The van der Waals surface area contributed by atoms with Crippen LogP contribution in [0.5, 0.6) is 0 Å². The van der Waals surface area contributed by atoms with Gasteiger partial charge in [-0.1, -0.05) is 12.1 Å². The van der Waals surface area contributed by atoms with Crippen LogP contribution in [0.25, 0.3) is 34.0 Å². The first-order valence-electron chi connectivity index (χ1n) is 7.34. The maximum Gasteiger partial charge on any atom is 0.159 e. The molecule has 3 heterocycles. The molecular formula is C18H12FN5. The number of H-pyrrole nitrogens is 1. The number of benzene rings is 1. The molecule has 0 aliphatic rings. The Kier molecular flexibility index (Phi) is 3.55. The van der Waals surface area contributed by atoms with Gasteiger partial charge in [-0.3, -0.25) is 4.98 Å². The van der Waals surface area contributed by atoms with Crippen LogP contribution < -0.4 is 0 Å². The number of hydrogen-bond donors (Lipinski definition) is 1. The van der Waals surface area contributed by atoms with Gasteiger partial charge in [-0.15, -0.1) is 0 Å². The SMILES string of the molecule is Fc1cccc(-c2ncc(-c3c[nH]c(-c4ccncc4)n3)cn2)c1. The van der Waals surface area contributed by atoms with Gasteiger partial charge in [0.05, 0.1) is 5.69 Å². The van der Waals surface area contributed by atoms with E-state index in [0.29, 0.717) is 11.4 Å². The van der Waals surface area contributed by atoms with Crippen molar-refractivity contribution in [1.29, 1.82) is 0 Å². The van der Waals surface area contributed by atoms with Crippen molar-refractivity contribution in [3.05, 3.63) is 73.2 Å². The largest absolute Gasteiger partial charge is 0.344 e. The van der Waals surface area contributed by atoms with Crippen molar-refractivity contribution in [2.24, 2.45) is 0 Å². The maximum absolute atomic E-state index is 13.3. The highest BCUT2D eigenvalue weighted by molar-refractivity contribution is 5.64. The summed E-state index contributed by atoms with van der Waals surface area (Å²) < 4.78 is 13.3. The second-order valence-corrected chi connectivity index (χ2v) is 5.18. The third-order valence-corrected chi connectivity index (χ3v) is 3.56. The van der Waals surface area contributed by atoms with E-state index in [9.17, 15) is 4.39 Å². The lowest BCUT2D eigenvalue weighted by molar-refractivity contribution is 0.628. The summed E-state index contributed by atoms with van der Waals surface area (Å²) in [5.41, 5.74) is 3.12. The molecule has 4 aromatic rings. The Bertz CT molecular complexity index is 964. The van der Waals surface area contributed by atoms with Crippen LogP contribution in [-0.2, 0) is 0 Å². The molecule has 0 aliphatic heterocycles. The van der Waals surface area contributed by atoms with Crippen LogP contribution in [0.3, 0.4) is 0 Å². The van der Waals surface area contributed by atoms with Gasteiger partial charge >= 0.3 is 0 Å². The molecule has 5 nitrogen and oxygen atoms in total. The molecule has 0 saturated carbocycles. The molecule has 0 radical (unpaired) electrons. The first-order valence-corrected chi connectivity index (χ1v) is 7.34. The number of hydrogen-bond acceptors (Lipinski definition) is 4. The molecule has 0 unspecified atom stereocenters. The normalized spacial score (nSPS) is 10.7. The van der Waals surface area contributed by atoms with E-state index in [1.165, 1.54) is 12.1 Å². The number of pyridine rings is 1. The van der Waals surface area contributed by atoms with Gasteiger partial charge in [-0.2, -0.15) is 0 Å². The second-order valence-electron chi connectivity index (χ2n) is 5.18. The van der Waals surface area contributed by atoms with E-state index in [-0.39, 0.29) is 5.82 Å². The van der Waals surface area contributed by atoms with E-state index >= 15 is 0 Å². The minimum absolute atomic E-state index is 0.311. The van der Waals surface area contributed by atoms with Crippen molar-refractivity contribution >= 4 is 0 Å². The van der Waals surface area contributed by atoms with E-state index in [4.69, 9.17) is 0 Å². The van der Waals surface area contributed by atoms with Crippen LogP contribution >= 0.6 is 0 Å². The van der Waals surface area contributed by atoms with E-state index in [1.54, 1.807) is 43.1 Å². The van der Waals surface area contributed by atoms with Gasteiger partial charge in [0.25, 0.3) is 0 Å². The van der Waals surface area contributed by atoms with Crippen molar-refractivity contribution in [2.75, 3.05) is 0 Å². The zero-order valence-corrected chi connectivity index (χ0v) is 12.5. The molecule has 6 heteroatoms. The van der Waals surface area contributed by atoms with Gasteiger partial charge < -0.3 is 4.98 Å². The first-order chi connectivity index (χ1) is 11.8. The molecule has 1 N–H and O–H groups in total. The molecule has 0 bridgehead atoms. The number of rotatable bonds is 3. The number of halogens is 1. The molecule has 0 saturated heterocycles. The van der Waals surface area contributed by atoms with Crippen LogP contribution in [0.2, 0.25) is 0 Å². The predicted molar refractivity (Wildman–Crippen MR) is 88.2 cm³/mol. The van der Waals surface area contributed by atoms with Crippen molar-refractivity contribution in [1.82, 2.24) is 24.9 Å². The van der Waals surface area contributed by atoms with Crippen LogP contribution in [0.4, 0.5) is 4.39 Å². The average Bonchev–Trinajstić information content (AvgIpc) is 3.13. The summed E-state index contributed by atoms with van der Waals surface area (Å²) in [6.45, 7) is 0. The van der Waals surface area contributed by atoms with Crippen molar-refractivity contribution in [3.8, 4) is 34.0 Å². The van der Waals surface area contributed by atoms with Gasteiger partial charge in [0.15, 0.2) is 5.82 Å². The molecule has 0 aliphatic carbocycles. The van der Waals surface area contributed by atoms with E-state index in [1.807, 2.05) is 12.1 Å². The number of aromatic amines is 1. The molecule has 1 aromatic carbocycles. The molecule has 0 amide bonds. The van der Waals surface area contributed by atoms with E-state index in [0.717, 1.165) is 22.6 Å². The zero-order valence-electron chi connectivity index (χ0n) is 12.5. The van der Waals surface area contributed by atoms with E-state index in [2.05, 4.69) is 24.9 Å². The molecule has 0 spiro atoms. The topological polar surface area (TPSA) is 67.3 Å². The quantitative estimate of drug-likeness (QED) is 0.625. The van der Waals surface area contributed by atoms with Gasteiger partial charge in [0.1, 0.15) is 11.6 Å². The van der Waals surface area contributed by atoms with Crippen LogP contribution in [-0.4, -0.2) is 24.9 Å². The minimum atomic E-state index is -0.311.